The first-order valence-corrected chi connectivity index (χ1v) is 7.90. The maximum atomic E-state index is 11.9. The summed E-state index contributed by atoms with van der Waals surface area (Å²) in [5.41, 5.74) is -0.602. The van der Waals surface area contributed by atoms with Gasteiger partial charge in [-0.3, -0.25) is 4.79 Å². The van der Waals surface area contributed by atoms with Crippen molar-refractivity contribution in [1.29, 1.82) is 0 Å². The Hall–Kier alpha value is -0.610. The molecule has 0 radical (unpaired) electrons. The molecule has 0 aromatic carbocycles. The van der Waals surface area contributed by atoms with Gasteiger partial charge in [-0.25, -0.2) is 0 Å². The highest BCUT2D eigenvalue weighted by Crippen LogP contribution is 2.25. The van der Waals surface area contributed by atoms with Crippen LogP contribution in [0.4, 0.5) is 0 Å². The van der Waals surface area contributed by atoms with Gasteiger partial charge in [0.1, 0.15) is 5.54 Å². The molecule has 4 heteroatoms. The molecular weight excluding hydrogens is 252 g/mol. The molecule has 0 heterocycles. The minimum Gasteiger partial charge on any atom is -0.468 e. The van der Waals surface area contributed by atoms with E-state index in [1.807, 2.05) is 14.0 Å². The van der Waals surface area contributed by atoms with Crippen molar-refractivity contribution >= 4 is 5.97 Å². The molecule has 0 aliphatic heterocycles. The lowest BCUT2D eigenvalue weighted by Crippen LogP contribution is -2.52. The molecule has 0 bridgehead atoms. The van der Waals surface area contributed by atoms with Crippen LogP contribution in [0.5, 0.6) is 0 Å². The first-order chi connectivity index (χ1) is 9.42. The van der Waals surface area contributed by atoms with Crippen molar-refractivity contribution in [2.45, 2.75) is 64.0 Å². The predicted molar refractivity (Wildman–Crippen MR) is 82.8 cm³/mol. The zero-order valence-electron chi connectivity index (χ0n) is 13.9. The molecule has 4 nitrogen and oxygen atoms in total. The second-order valence-electron chi connectivity index (χ2n) is 6.57. The molecule has 0 spiro atoms. The molecule has 118 valence electrons. The fourth-order valence-electron chi connectivity index (χ4n) is 3.22. The average Bonchev–Trinajstić information content (AvgIpc) is 2.47. The van der Waals surface area contributed by atoms with Gasteiger partial charge in [0.15, 0.2) is 0 Å². The van der Waals surface area contributed by atoms with Gasteiger partial charge in [0, 0.05) is 12.6 Å². The van der Waals surface area contributed by atoms with Crippen LogP contribution >= 0.6 is 0 Å². The molecule has 0 amide bonds. The van der Waals surface area contributed by atoms with E-state index in [1.165, 1.54) is 39.2 Å². The molecule has 1 aliphatic rings. The number of hydrogen-bond donors (Lipinski definition) is 1. The molecule has 2 unspecified atom stereocenters. The minimum absolute atomic E-state index is 0.182. The number of hydrogen-bond acceptors (Lipinski definition) is 4. The van der Waals surface area contributed by atoms with Crippen LogP contribution in [0.2, 0.25) is 0 Å². The van der Waals surface area contributed by atoms with Gasteiger partial charge in [-0.1, -0.05) is 19.3 Å². The number of rotatable bonds is 7. The fourth-order valence-corrected chi connectivity index (χ4v) is 3.22. The lowest BCUT2D eigenvalue weighted by Gasteiger charge is -2.35. The summed E-state index contributed by atoms with van der Waals surface area (Å²) >= 11 is 0. The van der Waals surface area contributed by atoms with Gasteiger partial charge >= 0.3 is 5.97 Å². The van der Waals surface area contributed by atoms with Gasteiger partial charge in [-0.05, 0) is 53.1 Å². The zero-order chi connectivity index (χ0) is 15.2. The summed E-state index contributed by atoms with van der Waals surface area (Å²) in [6.07, 6.45) is 7.64. The highest BCUT2D eigenvalue weighted by Gasteiger charge is 2.35. The highest BCUT2D eigenvalue weighted by atomic mass is 16.5. The van der Waals surface area contributed by atoms with Crippen LogP contribution in [0.1, 0.15) is 52.4 Å². The van der Waals surface area contributed by atoms with Crippen molar-refractivity contribution in [3.8, 4) is 0 Å². The number of methoxy groups -OCH3 is 1. The van der Waals surface area contributed by atoms with E-state index in [1.54, 1.807) is 0 Å². The third-order valence-corrected chi connectivity index (χ3v) is 4.91. The third kappa shape index (κ3) is 4.74. The Labute approximate surface area is 124 Å². The van der Waals surface area contributed by atoms with Crippen LogP contribution in [-0.2, 0) is 9.53 Å². The fraction of sp³-hybridized carbons (Fsp3) is 0.938. The number of carbonyl (C=O) groups excluding carboxylic acids is 1. The number of esters is 1. The Morgan fingerprint density at radius 1 is 1.40 bits per heavy atom. The molecule has 1 N–H and O–H groups in total. The second kappa shape index (κ2) is 7.99. The van der Waals surface area contributed by atoms with Crippen molar-refractivity contribution in [1.82, 2.24) is 10.2 Å². The van der Waals surface area contributed by atoms with Crippen molar-refractivity contribution in [3.05, 3.63) is 0 Å². The Morgan fingerprint density at radius 2 is 2.00 bits per heavy atom. The number of carbonyl (C=O) groups is 1. The molecular formula is C16H32N2O2. The predicted octanol–water partition coefficient (Wildman–Crippen LogP) is 2.43. The molecule has 1 fully saturated rings. The molecule has 1 saturated carbocycles. The Balaban J connectivity index is 2.50. The van der Waals surface area contributed by atoms with E-state index in [-0.39, 0.29) is 5.97 Å². The van der Waals surface area contributed by atoms with Crippen LogP contribution in [0.15, 0.2) is 0 Å². The van der Waals surface area contributed by atoms with E-state index in [0.717, 1.165) is 18.9 Å². The zero-order valence-corrected chi connectivity index (χ0v) is 13.9. The first kappa shape index (κ1) is 17.4. The molecule has 1 rings (SSSR count). The normalized spacial score (nSPS) is 21.5. The first-order valence-electron chi connectivity index (χ1n) is 7.90. The molecule has 0 aromatic heterocycles. The van der Waals surface area contributed by atoms with Crippen LogP contribution < -0.4 is 5.32 Å². The number of ether oxygens (including phenoxy) is 1. The lowest BCUT2D eigenvalue weighted by atomic mass is 9.88. The van der Waals surface area contributed by atoms with Crippen molar-refractivity contribution in [3.63, 3.8) is 0 Å². The van der Waals surface area contributed by atoms with E-state index in [0.29, 0.717) is 6.04 Å². The topological polar surface area (TPSA) is 41.6 Å². The van der Waals surface area contributed by atoms with Crippen LogP contribution in [0.25, 0.3) is 0 Å². The van der Waals surface area contributed by atoms with E-state index in [9.17, 15) is 4.79 Å². The summed E-state index contributed by atoms with van der Waals surface area (Å²) in [7, 11) is 5.45. The van der Waals surface area contributed by atoms with Crippen molar-refractivity contribution in [2.24, 2.45) is 5.92 Å². The van der Waals surface area contributed by atoms with Gasteiger partial charge in [0.25, 0.3) is 0 Å². The van der Waals surface area contributed by atoms with Gasteiger partial charge in [-0.2, -0.15) is 0 Å². The van der Waals surface area contributed by atoms with Gasteiger partial charge in [0.05, 0.1) is 7.11 Å². The summed E-state index contributed by atoms with van der Waals surface area (Å²) in [6.45, 7) is 5.26. The van der Waals surface area contributed by atoms with Crippen molar-refractivity contribution < 1.29 is 9.53 Å². The van der Waals surface area contributed by atoms with E-state index in [2.05, 4.69) is 24.2 Å². The SMILES string of the molecule is CNC(C)(CC(C)N(C)CC1CCCCC1)C(=O)OC. The number of nitrogens with zero attached hydrogens (tertiary/aromatic N) is 1. The maximum absolute atomic E-state index is 11.9. The second-order valence-corrected chi connectivity index (χ2v) is 6.57. The minimum atomic E-state index is -0.602. The van der Waals surface area contributed by atoms with Crippen molar-refractivity contribution in [2.75, 3.05) is 27.7 Å². The number of nitrogens with one attached hydrogen (secondary N) is 1. The summed E-state index contributed by atoms with van der Waals surface area (Å²) in [6, 6.07) is 0.355. The van der Waals surface area contributed by atoms with Gasteiger partial charge in [0.2, 0.25) is 0 Å². The van der Waals surface area contributed by atoms with Gasteiger partial charge < -0.3 is 15.0 Å². The quantitative estimate of drug-likeness (QED) is 0.729. The Kier molecular flexibility index (Phi) is 6.96. The van der Waals surface area contributed by atoms with E-state index in [4.69, 9.17) is 4.74 Å². The molecule has 0 aromatic rings. The third-order valence-electron chi connectivity index (χ3n) is 4.91. The maximum Gasteiger partial charge on any atom is 0.325 e. The summed E-state index contributed by atoms with van der Waals surface area (Å²) < 4.78 is 4.92. The summed E-state index contributed by atoms with van der Waals surface area (Å²) in [5, 5.41) is 3.12. The lowest BCUT2D eigenvalue weighted by molar-refractivity contribution is -0.148. The highest BCUT2D eigenvalue weighted by molar-refractivity contribution is 5.80. The Bertz CT molecular complexity index is 303. The van der Waals surface area contributed by atoms with Crippen LogP contribution in [-0.4, -0.2) is 50.2 Å². The average molecular weight is 284 g/mol. The molecule has 1 aliphatic carbocycles. The van der Waals surface area contributed by atoms with Crippen LogP contribution in [0, 0.1) is 5.92 Å². The monoisotopic (exact) mass is 284 g/mol. The van der Waals surface area contributed by atoms with Gasteiger partial charge in [-0.15, -0.1) is 0 Å². The smallest absolute Gasteiger partial charge is 0.325 e. The van der Waals surface area contributed by atoms with E-state index >= 15 is 0 Å². The molecule has 0 saturated heterocycles. The summed E-state index contributed by atoms with van der Waals surface area (Å²) in [4.78, 5) is 14.3. The standard InChI is InChI=1S/C16H32N2O2/c1-13(11-16(2,17-3)15(19)20-5)18(4)12-14-9-7-6-8-10-14/h13-14,17H,6-12H2,1-5H3. The molecule has 2 atom stereocenters. The largest absolute Gasteiger partial charge is 0.468 e. The number of likely N-dealkylation sites (N-methyl/N-ethyl adjacent to an activating group) is 1. The van der Waals surface area contributed by atoms with Crippen LogP contribution in [0.3, 0.4) is 0 Å². The van der Waals surface area contributed by atoms with E-state index < -0.39 is 5.54 Å². The molecule has 20 heavy (non-hydrogen) atoms. The Morgan fingerprint density at radius 3 is 2.50 bits per heavy atom. The summed E-state index contributed by atoms with van der Waals surface area (Å²) in [5.74, 6) is 0.646.